The Bertz CT molecular complexity index is 1070. The van der Waals surface area contributed by atoms with Gasteiger partial charge in [0.1, 0.15) is 0 Å². The first-order chi connectivity index (χ1) is 13.5. The van der Waals surface area contributed by atoms with E-state index in [1.165, 1.54) is 11.6 Å². The standard InChI is InChI=1S/C19H19N5O3S/c1-12(25)21-15-7-4-13(5-8-15)11-20-24-18(22-23-19(24)28)14-6-9-16(26-2)17(10-14)27-3/h4-11H,1-3H3,(H,21,25)(H,23,28)/b20-11-. The predicted octanol–water partition coefficient (Wildman–Crippen LogP) is 3.47. The lowest BCUT2D eigenvalue weighted by Crippen LogP contribution is -2.05. The summed E-state index contributed by atoms with van der Waals surface area (Å²) in [6.07, 6.45) is 1.66. The van der Waals surface area contributed by atoms with Crippen molar-refractivity contribution in [1.29, 1.82) is 0 Å². The molecule has 0 fully saturated rings. The SMILES string of the molecule is COc1ccc(-c2n[nH]c(=S)n2/N=C\c2ccc(NC(C)=O)cc2)cc1OC. The quantitative estimate of drug-likeness (QED) is 0.491. The summed E-state index contributed by atoms with van der Waals surface area (Å²) in [5.41, 5.74) is 2.33. The van der Waals surface area contributed by atoms with Crippen LogP contribution in [0.25, 0.3) is 11.4 Å². The Morgan fingerprint density at radius 2 is 1.89 bits per heavy atom. The maximum absolute atomic E-state index is 11.1. The number of aromatic nitrogens is 3. The van der Waals surface area contributed by atoms with Gasteiger partial charge in [-0.15, -0.1) is 0 Å². The van der Waals surface area contributed by atoms with Crippen molar-refractivity contribution in [2.45, 2.75) is 6.92 Å². The highest BCUT2D eigenvalue weighted by Crippen LogP contribution is 2.31. The molecule has 0 unspecified atom stereocenters. The molecule has 3 aromatic rings. The largest absolute Gasteiger partial charge is 0.493 e. The molecule has 0 bridgehead atoms. The molecule has 9 heteroatoms. The van der Waals surface area contributed by atoms with E-state index < -0.39 is 0 Å². The van der Waals surface area contributed by atoms with E-state index in [2.05, 4.69) is 20.6 Å². The van der Waals surface area contributed by atoms with Gasteiger partial charge in [-0.1, -0.05) is 12.1 Å². The van der Waals surface area contributed by atoms with Gasteiger partial charge in [-0.3, -0.25) is 4.79 Å². The van der Waals surface area contributed by atoms with Crippen LogP contribution in [0.1, 0.15) is 12.5 Å². The first kappa shape index (κ1) is 19.3. The van der Waals surface area contributed by atoms with E-state index in [0.29, 0.717) is 22.1 Å². The van der Waals surface area contributed by atoms with Gasteiger partial charge in [0.2, 0.25) is 10.7 Å². The number of nitrogens with zero attached hydrogens (tertiary/aromatic N) is 3. The molecule has 0 spiro atoms. The van der Waals surface area contributed by atoms with E-state index in [9.17, 15) is 4.79 Å². The molecule has 0 radical (unpaired) electrons. The summed E-state index contributed by atoms with van der Waals surface area (Å²) >= 11 is 5.29. The highest BCUT2D eigenvalue weighted by molar-refractivity contribution is 7.71. The molecule has 0 saturated carbocycles. The third kappa shape index (κ3) is 4.26. The molecule has 8 nitrogen and oxygen atoms in total. The van der Waals surface area contributed by atoms with Gasteiger partial charge in [0.25, 0.3) is 0 Å². The van der Waals surface area contributed by atoms with E-state index in [1.807, 2.05) is 18.2 Å². The van der Waals surface area contributed by atoms with Crippen LogP contribution in [-0.4, -0.2) is 41.2 Å². The monoisotopic (exact) mass is 397 g/mol. The Kier molecular flexibility index (Phi) is 5.85. The minimum Gasteiger partial charge on any atom is -0.493 e. The Balaban J connectivity index is 1.90. The molecule has 1 heterocycles. The molecular formula is C19H19N5O3S. The first-order valence-corrected chi connectivity index (χ1v) is 8.74. The van der Waals surface area contributed by atoms with Gasteiger partial charge in [0, 0.05) is 18.2 Å². The fourth-order valence-electron chi connectivity index (χ4n) is 2.54. The van der Waals surface area contributed by atoms with Crippen LogP contribution in [0.4, 0.5) is 5.69 Å². The van der Waals surface area contributed by atoms with Gasteiger partial charge in [-0.2, -0.15) is 14.9 Å². The Labute approximate surface area is 166 Å². The van der Waals surface area contributed by atoms with Crippen molar-refractivity contribution in [2.75, 3.05) is 19.5 Å². The zero-order chi connectivity index (χ0) is 20.1. The maximum Gasteiger partial charge on any atom is 0.221 e. The van der Waals surface area contributed by atoms with Crippen LogP contribution in [0.15, 0.2) is 47.6 Å². The second-order valence-electron chi connectivity index (χ2n) is 5.78. The van der Waals surface area contributed by atoms with E-state index in [0.717, 1.165) is 16.8 Å². The van der Waals surface area contributed by atoms with Crippen molar-refractivity contribution in [3.8, 4) is 22.9 Å². The summed E-state index contributed by atoms with van der Waals surface area (Å²) in [5, 5.41) is 14.2. The fourth-order valence-corrected chi connectivity index (χ4v) is 2.72. The smallest absolute Gasteiger partial charge is 0.221 e. The molecule has 0 aliphatic heterocycles. The van der Waals surface area contributed by atoms with Crippen LogP contribution in [0.5, 0.6) is 11.5 Å². The zero-order valence-corrected chi connectivity index (χ0v) is 16.4. The average Bonchev–Trinajstić information content (AvgIpc) is 3.07. The van der Waals surface area contributed by atoms with Crippen molar-refractivity contribution in [3.05, 3.63) is 52.8 Å². The van der Waals surface area contributed by atoms with Gasteiger partial charge in [0.05, 0.1) is 20.4 Å². The number of H-pyrrole nitrogens is 1. The second-order valence-corrected chi connectivity index (χ2v) is 6.17. The highest BCUT2D eigenvalue weighted by Gasteiger charge is 2.12. The second kappa shape index (κ2) is 8.49. The lowest BCUT2D eigenvalue weighted by Gasteiger charge is -2.09. The zero-order valence-electron chi connectivity index (χ0n) is 15.6. The highest BCUT2D eigenvalue weighted by atomic mass is 32.1. The number of anilines is 1. The van der Waals surface area contributed by atoms with Gasteiger partial charge in [0.15, 0.2) is 17.3 Å². The number of ether oxygens (including phenoxy) is 2. The van der Waals surface area contributed by atoms with Gasteiger partial charge in [-0.05, 0) is 48.1 Å². The number of rotatable bonds is 6. The van der Waals surface area contributed by atoms with Crippen LogP contribution in [0.2, 0.25) is 0 Å². The van der Waals surface area contributed by atoms with Crippen molar-refractivity contribution < 1.29 is 14.3 Å². The summed E-state index contributed by atoms with van der Waals surface area (Å²) in [4.78, 5) is 11.1. The van der Waals surface area contributed by atoms with Crippen molar-refractivity contribution >= 4 is 30.0 Å². The summed E-state index contributed by atoms with van der Waals surface area (Å²) in [5.74, 6) is 1.62. The summed E-state index contributed by atoms with van der Waals surface area (Å²) in [7, 11) is 3.15. The summed E-state index contributed by atoms with van der Waals surface area (Å²) < 4.78 is 12.5. The maximum atomic E-state index is 11.1. The number of benzene rings is 2. The van der Waals surface area contributed by atoms with E-state index in [-0.39, 0.29) is 5.91 Å². The molecule has 1 amide bonds. The minimum atomic E-state index is -0.120. The van der Waals surface area contributed by atoms with E-state index in [4.69, 9.17) is 21.7 Å². The Morgan fingerprint density at radius 3 is 2.54 bits per heavy atom. The molecule has 0 aliphatic carbocycles. The molecule has 0 aliphatic rings. The molecule has 0 saturated heterocycles. The number of carbonyl (C=O) groups excluding carboxylic acids is 1. The van der Waals surface area contributed by atoms with Gasteiger partial charge in [-0.25, -0.2) is 5.10 Å². The van der Waals surface area contributed by atoms with Crippen LogP contribution in [0.3, 0.4) is 0 Å². The number of hydrogen-bond acceptors (Lipinski definition) is 6. The third-order valence-electron chi connectivity index (χ3n) is 3.85. The van der Waals surface area contributed by atoms with Crippen molar-refractivity contribution in [1.82, 2.24) is 14.9 Å². The molecule has 3 rings (SSSR count). The molecule has 2 aromatic carbocycles. The lowest BCUT2D eigenvalue weighted by atomic mass is 10.2. The summed E-state index contributed by atoms with van der Waals surface area (Å²) in [6, 6.07) is 12.7. The topological polar surface area (TPSA) is 93.5 Å². The van der Waals surface area contributed by atoms with Gasteiger partial charge >= 0.3 is 0 Å². The third-order valence-corrected chi connectivity index (χ3v) is 4.11. The van der Waals surface area contributed by atoms with Crippen LogP contribution < -0.4 is 14.8 Å². The minimum absolute atomic E-state index is 0.120. The van der Waals surface area contributed by atoms with E-state index in [1.54, 1.807) is 44.7 Å². The van der Waals surface area contributed by atoms with Crippen LogP contribution in [0, 0.1) is 4.77 Å². The van der Waals surface area contributed by atoms with Gasteiger partial charge < -0.3 is 14.8 Å². The fraction of sp³-hybridized carbons (Fsp3) is 0.158. The number of aromatic amines is 1. The number of amides is 1. The van der Waals surface area contributed by atoms with Crippen molar-refractivity contribution in [2.24, 2.45) is 5.10 Å². The summed E-state index contributed by atoms with van der Waals surface area (Å²) in [6.45, 7) is 1.46. The molecule has 1 aromatic heterocycles. The predicted molar refractivity (Wildman–Crippen MR) is 110 cm³/mol. The molecule has 0 atom stereocenters. The molecular weight excluding hydrogens is 378 g/mol. The average molecular weight is 397 g/mol. The molecule has 144 valence electrons. The molecule has 28 heavy (non-hydrogen) atoms. The number of nitrogens with one attached hydrogen (secondary N) is 2. The first-order valence-electron chi connectivity index (χ1n) is 8.33. The lowest BCUT2D eigenvalue weighted by molar-refractivity contribution is -0.114. The number of methoxy groups -OCH3 is 2. The van der Waals surface area contributed by atoms with E-state index >= 15 is 0 Å². The molecule has 2 N–H and O–H groups in total. The normalized spacial score (nSPS) is 10.8. The Hall–Kier alpha value is -3.46. The van der Waals surface area contributed by atoms with Crippen LogP contribution >= 0.6 is 12.2 Å². The van der Waals surface area contributed by atoms with Crippen LogP contribution in [-0.2, 0) is 4.79 Å². The van der Waals surface area contributed by atoms with Crippen molar-refractivity contribution in [3.63, 3.8) is 0 Å². The Morgan fingerprint density at radius 1 is 1.18 bits per heavy atom. The number of carbonyl (C=O) groups is 1. The number of hydrogen-bond donors (Lipinski definition) is 2.